The van der Waals surface area contributed by atoms with Gasteiger partial charge in [-0.2, -0.15) is 9.10 Å². The molecular formula is C29H35F2N6O6S+. The lowest BCUT2D eigenvalue weighted by molar-refractivity contribution is -0.825. The second-order valence-electron chi connectivity index (χ2n) is 11.1. The number of rotatable bonds is 7. The first-order valence-electron chi connectivity index (χ1n) is 14.2. The third kappa shape index (κ3) is 5.23. The Labute approximate surface area is 254 Å². The number of sulfonamides is 1. The molecule has 2 amide bonds. The topological polar surface area (TPSA) is 144 Å². The van der Waals surface area contributed by atoms with Gasteiger partial charge in [0, 0.05) is 37.1 Å². The maximum Gasteiger partial charge on any atom is 0.549 e. The number of hydrogen-bond acceptors (Lipinski definition) is 9. The van der Waals surface area contributed by atoms with Crippen LogP contribution in [0.4, 0.5) is 25.0 Å². The van der Waals surface area contributed by atoms with Crippen molar-refractivity contribution in [3.8, 4) is 0 Å². The number of benzene rings is 2. The minimum Gasteiger partial charge on any atom is -0.418 e. The Bertz CT molecular complexity index is 1670. The average molecular weight is 634 g/mol. The van der Waals surface area contributed by atoms with Crippen LogP contribution in [0.15, 0.2) is 57.8 Å². The number of hydrogen-bond donors (Lipinski definition) is 2. The van der Waals surface area contributed by atoms with Crippen molar-refractivity contribution in [1.82, 2.24) is 9.62 Å². The molecule has 12 nitrogen and oxygen atoms in total. The van der Waals surface area contributed by atoms with Crippen LogP contribution in [0, 0.1) is 11.6 Å². The van der Waals surface area contributed by atoms with Crippen molar-refractivity contribution in [1.29, 1.82) is 0 Å². The van der Waals surface area contributed by atoms with Crippen LogP contribution in [0.5, 0.6) is 0 Å². The molecular weight excluding hydrogens is 598 g/mol. The van der Waals surface area contributed by atoms with Gasteiger partial charge in [-0.05, 0) is 58.0 Å². The molecule has 2 fully saturated rings. The molecule has 2 aromatic rings. The number of morpholine rings is 1. The van der Waals surface area contributed by atoms with Crippen LogP contribution < -0.4 is 16.0 Å². The van der Waals surface area contributed by atoms with Gasteiger partial charge in [-0.3, -0.25) is 10.1 Å². The van der Waals surface area contributed by atoms with Gasteiger partial charge < -0.3 is 20.1 Å². The summed E-state index contributed by atoms with van der Waals surface area (Å²) >= 11 is 0. The summed E-state index contributed by atoms with van der Waals surface area (Å²) in [5.41, 5.74) is 6.58. The van der Waals surface area contributed by atoms with Crippen LogP contribution in [0.2, 0.25) is 0 Å². The van der Waals surface area contributed by atoms with E-state index in [0.717, 1.165) is 22.1 Å². The highest BCUT2D eigenvalue weighted by Crippen LogP contribution is 2.43. The van der Waals surface area contributed by atoms with Gasteiger partial charge in [0.2, 0.25) is 10.0 Å². The molecule has 15 heteroatoms. The van der Waals surface area contributed by atoms with Crippen LogP contribution in [0.25, 0.3) is 0 Å². The second kappa shape index (κ2) is 11.5. The molecule has 3 N–H and O–H groups in total. The molecule has 0 bridgehead atoms. The lowest BCUT2D eigenvalue weighted by Crippen LogP contribution is -2.53. The van der Waals surface area contributed by atoms with Gasteiger partial charge in [-0.25, -0.2) is 17.2 Å². The number of fused-ring (bicyclic) bond motifs is 1. The highest BCUT2D eigenvalue weighted by Gasteiger charge is 2.61. The molecule has 0 saturated carbocycles. The molecule has 236 valence electrons. The summed E-state index contributed by atoms with van der Waals surface area (Å²) < 4.78 is 66.5. The van der Waals surface area contributed by atoms with Crippen LogP contribution in [-0.4, -0.2) is 86.6 Å². The Morgan fingerprint density at radius 3 is 2.36 bits per heavy atom. The number of halogens is 2. The fraction of sp³-hybridized carbons (Fsp3) is 0.414. The van der Waals surface area contributed by atoms with Crippen molar-refractivity contribution in [2.24, 2.45) is 5.10 Å². The minimum absolute atomic E-state index is 0.0128. The van der Waals surface area contributed by atoms with E-state index in [1.807, 2.05) is 0 Å². The largest absolute Gasteiger partial charge is 0.549 e. The second-order valence-corrected chi connectivity index (χ2v) is 12.9. The monoisotopic (exact) mass is 633 g/mol. The molecule has 44 heavy (non-hydrogen) atoms. The lowest BCUT2D eigenvalue weighted by Gasteiger charge is -2.32. The first-order valence-corrected chi connectivity index (χ1v) is 15.6. The number of quaternary nitrogens is 1. The summed E-state index contributed by atoms with van der Waals surface area (Å²) in [7, 11) is -4.47. The van der Waals surface area contributed by atoms with Crippen LogP contribution in [-0.2, 0) is 19.5 Å². The summed E-state index contributed by atoms with van der Waals surface area (Å²) in [5, 5.41) is 7.47. The molecule has 5 rings (SSSR count). The summed E-state index contributed by atoms with van der Waals surface area (Å²) in [5.74, 6) is -2.72. The molecule has 2 saturated heterocycles. The maximum absolute atomic E-state index is 14.0. The van der Waals surface area contributed by atoms with Crippen LogP contribution in [0.1, 0.15) is 38.1 Å². The number of carbonyl (C=O) groups is 2. The van der Waals surface area contributed by atoms with E-state index in [0.29, 0.717) is 32.4 Å². The molecule has 3 heterocycles. The van der Waals surface area contributed by atoms with Crippen molar-refractivity contribution in [2.75, 3.05) is 56.6 Å². The van der Waals surface area contributed by atoms with Gasteiger partial charge in [0.25, 0.3) is 11.7 Å². The molecule has 1 unspecified atom stereocenters. The zero-order chi connectivity index (χ0) is 32.0. The van der Waals surface area contributed by atoms with Crippen molar-refractivity contribution >= 4 is 39.1 Å². The highest BCUT2D eigenvalue weighted by atomic mass is 32.2. The standard InChI is InChI=1S/C29H34F2N6O6S/c1-5-37(28(39)43-6-2)26(33-27(38)22-8-7-20(16-24(22)32)35-9-11-42-12-10-35)23-17-36(29(3,4)25(23)34-37)44(40,41)21-14-18(30)13-19(31)15-21/h7-8,13-16H,5-6,9-12,17H2,1-4H3,(H2-,32,33,34,38)/p+1. The molecule has 1 atom stereocenters. The number of nitrogen functional groups attached to an aromatic ring is 1. The summed E-state index contributed by atoms with van der Waals surface area (Å²) in [6.07, 6.45) is -0.771. The van der Waals surface area contributed by atoms with E-state index < -0.39 is 48.7 Å². The van der Waals surface area contributed by atoms with Crippen molar-refractivity contribution in [3.05, 3.63) is 65.0 Å². The summed E-state index contributed by atoms with van der Waals surface area (Å²) in [6.45, 7) is 8.66. The fourth-order valence-corrected chi connectivity index (χ4v) is 7.51. The number of nitrogens with one attached hydrogen (secondary N) is 1. The Hall–Kier alpha value is -3.92. The van der Waals surface area contributed by atoms with Gasteiger partial charge in [0.1, 0.15) is 23.9 Å². The van der Waals surface area contributed by atoms with E-state index in [4.69, 9.17) is 15.2 Å². The minimum atomic E-state index is -4.47. The SMILES string of the molecule is CCOC(=O)[N+]1(CC)N=C2C(=C1NC(=O)c1ccc(N3CCOCC3)cc1N)CN(S(=O)(=O)c1cc(F)cc(F)c1)C2(C)C. The smallest absolute Gasteiger partial charge is 0.418 e. The Morgan fingerprint density at radius 2 is 1.77 bits per heavy atom. The Morgan fingerprint density at radius 1 is 1.11 bits per heavy atom. The van der Waals surface area contributed by atoms with Crippen molar-refractivity contribution in [2.45, 2.75) is 38.1 Å². The summed E-state index contributed by atoms with van der Waals surface area (Å²) in [6, 6.07) is 7.08. The number of anilines is 2. The normalized spacial score (nSPS) is 21.7. The number of nitrogens with two attached hydrogens (primary N) is 1. The Balaban J connectivity index is 1.56. The summed E-state index contributed by atoms with van der Waals surface area (Å²) in [4.78, 5) is 28.7. The molecule has 0 aromatic heterocycles. The first kappa shape index (κ1) is 31.5. The van der Waals surface area contributed by atoms with E-state index in [2.05, 4.69) is 15.3 Å². The molecule has 3 aliphatic heterocycles. The van der Waals surface area contributed by atoms with Gasteiger partial charge in [0.15, 0.2) is 0 Å². The highest BCUT2D eigenvalue weighted by molar-refractivity contribution is 7.89. The van der Waals surface area contributed by atoms with Gasteiger partial charge in [0.05, 0.1) is 41.4 Å². The fourth-order valence-electron chi connectivity index (χ4n) is 5.75. The van der Waals surface area contributed by atoms with E-state index in [-0.39, 0.29) is 48.1 Å². The Kier molecular flexibility index (Phi) is 8.26. The maximum atomic E-state index is 14.0. The third-order valence-electron chi connectivity index (χ3n) is 8.06. The van der Waals surface area contributed by atoms with Crippen LogP contribution in [0.3, 0.4) is 0 Å². The zero-order valence-corrected chi connectivity index (χ0v) is 25.7. The van der Waals surface area contributed by atoms with Crippen LogP contribution >= 0.6 is 0 Å². The van der Waals surface area contributed by atoms with Crippen molar-refractivity contribution in [3.63, 3.8) is 0 Å². The van der Waals surface area contributed by atoms with Gasteiger partial charge in [-0.1, -0.05) is 9.69 Å². The number of amides is 2. The predicted octanol–water partition coefficient (Wildman–Crippen LogP) is 3.17. The quantitative estimate of drug-likeness (QED) is 0.350. The molecule has 0 spiro atoms. The van der Waals surface area contributed by atoms with Gasteiger partial charge in [-0.15, -0.1) is 0 Å². The van der Waals surface area contributed by atoms with E-state index in [1.165, 1.54) is 0 Å². The molecule has 3 aliphatic rings. The molecule has 2 aromatic carbocycles. The molecule has 0 aliphatic carbocycles. The zero-order valence-electron chi connectivity index (χ0n) is 24.9. The van der Waals surface area contributed by atoms with Crippen molar-refractivity contribution < 1.29 is 40.9 Å². The van der Waals surface area contributed by atoms with E-state index in [1.54, 1.807) is 45.9 Å². The van der Waals surface area contributed by atoms with E-state index in [9.17, 15) is 26.8 Å². The van der Waals surface area contributed by atoms with Gasteiger partial charge >= 0.3 is 6.09 Å². The lowest BCUT2D eigenvalue weighted by atomic mass is 9.98. The average Bonchev–Trinajstić information content (AvgIpc) is 3.44. The molecule has 0 radical (unpaired) electrons. The number of nitrogens with zero attached hydrogens (tertiary/aromatic N) is 4. The number of ether oxygens (including phenoxy) is 2. The first-order chi connectivity index (χ1) is 20.8. The number of carbonyl (C=O) groups excluding carboxylic acids is 2. The predicted molar refractivity (Wildman–Crippen MR) is 158 cm³/mol. The third-order valence-corrected chi connectivity index (χ3v) is 10.1. The van der Waals surface area contributed by atoms with E-state index >= 15 is 0 Å².